The highest BCUT2D eigenvalue weighted by molar-refractivity contribution is 5.98. The molecule has 2 heterocycles. The number of carbonyl (C=O) groups is 2. The Labute approximate surface area is 184 Å². The largest absolute Gasteiger partial charge is 0.353 e. The molecule has 0 unspecified atom stereocenters. The molecule has 31 heavy (non-hydrogen) atoms. The maximum atomic E-state index is 14.5. The SMILES string of the molecule is CC1CCC2(CC1)OC[C@@H](C(=O)N(C)C1CCN(C)CC1)N2C(=O)c1ccccc1F. The molecule has 1 aromatic rings. The molecule has 3 aliphatic rings. The quantitative estimate of drug-likeness (QED) is 0.738. The van der Waals surface area contributed by atoms with E-state index in [0.29, 0.717) is 18.8 Å². The van der Waals surface area contributed by atoms with Crippen molar-refractivity contribution in [3.63, 3.8) is 0 Å². The van der Waals surface area contributed by atoms with Crippen LogP contribution in [-0.4, -0.2) is 78.1 Å². The van der Waals surface area contributed by atoms with Gasteiger partial charge in [0.15, 0.2) is 0 Å². The molecule has 1 saturated carbocycles. The highest BCUT2D eigenvalue weighted by Crippen LogP contribution is 2.43. The molecule has 2 saturated heterocycles. The number of rotatable bonds is 3. The Bertz CT molecular complexity index is 816. The lowest BCUT2D eigenvalue weighted by Gasteiger charge is -2.44. The van der Waals surface area contributed by atoms with Crippen molar-refractivity contribution in [2.24, 2.45) is 5.92 Å². The van der Waals surface area contributed by atoms with Gasteiger partial charge in [-0.1, -0.05) is 19.1 Å². The fourth-order valence-electron chi connectivity index (χ4n) is 5.33. The summed E-state index contributed by atoms with van der Waals surface area (Å²) in [5.41, 5.74) is -0.814. The third-order valence-electron chi connectivity index (χ3n) is 7.51. The molecule has 2 amide bonds. The molecule has 0 radical (unpaired) electrons. The van der Waals surface area contributed by atoms with E-state index in [9.17, 15) is 14.0 Å². The molecule has 6 nitrogen and oxygen atoms in total. The van der Waals surface area contributed by atoms with Crippen LogP contribution in [0.4, 0.5) is 4.39 Å². The molecule has 1 aromatic carbocycles. The van der Waals surface area contributed by atoms with E-state index in [4.69, 9.17) is 4.74 Å². The zero-order chi connectivity index (χ0) is 22.2. The second-order valence-electron chi connectivity index (χ2n) is 9.59. The standard InChI is InChI=1S/C24H34FN3O3/c1-17-8-12-24(13-9-17)28(22(29)19-6-4-5-7-20(19)25)21(16-31-24)23(30)27(3)18-10-14-26(2)15-11-18/h4-7,17-18,21H,8-16H2,1-3H3/t17?,21-,24?/m0/s1. The fourth-order valence-corrected chi connectivity index (χ4v) is 5.33. The number of amides is 2. The molecule has 3 fully saturated rings. The molecule has 7 heteroatoms. The smallest absolute Gasteiger partial charge is 0.259 e. The van der Waals surface area contributed by atoms with E-state index in [2.05, 4.69) is 18.9 Å². The summed E-state index contributed by atoms with van der Waals surface area (Å²) in [7, 11) is 3.92. The number of halogens is 1. The number of carbonyl (C=O) groups excluding carboxylic acids is 2. The molecule has 0 N–H and O–H groups in total. The molecule has 1 aliphatic carbocycles. The number of ether oxygens (including phenoxy) is 1. The predicted octanol–water partition coefficient (Wildman–Crippen LogP) is 3.13. The van der Waals surface area contributed by atoms with Crippen molar-refractivity contribution in [2.45, 2.75) is 63.3 Å². The minimum absolute atomic E-state index is 0.00532. The predicted molar refractivity (Wildman–Crippen MR) is 116 cm³/mol. The minimum atomic E-state index is -0.820. The van der Waals surface area contributed by atoms with E-state index < -0.39 is 23.5 Å². The van der Waals surface area contributed by atoms with E-state index >= 15 is 0 Å². The molecule has 2 aliphatic heterocycles. The van der Waals surface area contributed by atoms with Crippen molar-refractivity contribution >= 4 is 11.8 Å². The van der Waals surface area contributed by atoms with Crippen LogP contribution in [0.2, 0.25) is 0 Å². The van der Waals surface area contributed by atoms with Crippen LogP contribution in [0.15, 0.2) is 24.3 Å². The lowest BCUT2D eigenvalue weighted by atomic mass is 9.83. The van der Waals surface area contributed by atoms with Crippen LogP contribution >= 0.6 is 0 Å². The van der Waals surface area contributed by atoms with Gasteiger partial charge in [-0.2, -0.15) is 0 Å². The van der Waals surface area contributed by atoms with E-state index in [1.807, 2.05) is 7.05 Å². The van der Waals surface area contributed by atoms with Crippen molar-refractivity contribution in [1.82, 2.24) is 14.7 Å². The number of hydrogen-bond acceptors (Lipinski definition) is 4. The highest BCUT2D eigenvalue weighted by Gasteiger charge is 2.54. The molecule has 0 bridgehead atoms. The number of hydrogen-bond donors (Lipinski definition) is 0. The first-order valence-electron chi connectivity index (χ1n) is 11.5. The van der Waals surface area contributed by atoms with Gasteiger partial charge in [-0.05, 0) is 76.7 Å². The van der Waals surface area contributed by atoms with Crippen molar-refractivity contribution in [3.8, 4) is 0 Å². The van der Waals surface area contributed by atoms with Crippen LogP contribution in [0, 0.1) is 11.7 Å². The van der Waals surface area contributed by atoms with E-state index in [1.165, 1.54) is 12.1 Å². The van der Waals surface area contributed by atoms with Crippen LogP contribution < -0.4 is 0 Å². The zero-order valence-electron chi connectivity index (χ0n) is 18.8. The summed E-state index contributed by atoms with van der Waals surface area (Å²) >= 11 is 0. The van der Waals surface area contributed by atoms with Crippen LogP contribution in [0.25, 0.3) is 0 Å². The topological polar surface area (TPSA) is 53.1 Å². The monoisotopic (exact) mass is 431 g/mol. The average molecular weight is 432 g/mol. The van der Waals surface area contributed by atoms with Crippen LogP contribution in [0.1, 0.15) is 55.8 Å². The lowest BCUT2D eigenvalue weighted by Crippen LogP contribution is -2.58. The first-order valence-corrected chi connectivity index (χ1v) is 11.5. The summed E-state index contributed by atoms with van der Waals surface area (Å²) in [6, 6.07) is 5.45. The normalized spacial score (nSPS) is 30.0. The zero-order valence-corrected chi connectivity index (χ0v) is 18.8. The third kappa shape index (κ3) is 4.22. The molecular weight excluding hydrogens is 397 g/mol. The van der Waals surface area contributed by atoms with Crippen molar-refractivity contribution in [2.75, 3.05) is 33.8 Å². The van der Waals surface area contributed by atoms with Gasteiger partial charge >= 0.3 is 0 Å². The number of likely N-dealkylation sites (N-methyl/N-ethyl adjacent to an activating group) is 1. The van der Waals surface area contributed by atoms with Gasteiger partial charge < -0.3 is 14.5 Å². The molecule has 4 rings (SSSR count). The van der Waals surface area contributed by atoms with Gasteiger partial charge in [-0.3, -0.25) is 14.5 Å². The number of piperidine rings is 1. The van der Waals surface area contributed by atoms with Gasteiger partial charge in [0.1, 0.15) is 17.6 Å². The maximum Gasteiger partial charge on any atom is 0.259 e. The molecule has 1 atom stereocenters. The minimum Gasteiger partial charge on any atom is -0.353 e. The summed E-state index contributed by atoms with van der Waals surface area (Å²) in [6.45, 7) is 4.26. The Balaban J connectivity index is 1.62. The Morgan fingerprint density at radius 2 is 1.77 bits per heavy atom. The average Bonchev–Trinajstić information content (AvgIpc) is 3.14. The molecule has 0 aromatic heterocycles. The summed E-state index contributed by atoms with van der Waals surface area (Å²) in [4.78, 5) is 32.9. The number of likely N-dealkylation sites (tertiary alicyclic amines) is 1. The van der Waals surface area contributed by atoms with E-state index in [-0.39, 0.29) is 24.1 Å². The first kappa shape index (κ1) is 22.2. The van der Waals surface area contributed by atoms with E-state index in [1.54, 1.807) is 21.9 Å². The summed E-state index contributed by atoms with van der Waals surface area (Å²) in [6.07, 6.45) is 5.03. The van der Waals surface area contributed by atoms with Crippen molar-refractivity contribution in [1.29, 1.82) is 0 Å². The summed E-state index contributed by atoms with van der Waals surface area (Å²) < 4.78 is 20.8. The Kier molecular flexibility index (Phi) is 6.35. The van der Waals surface area contributed by atoms with E-state index in [0.717, 1.165) is 38.8 Å². The Morgan fingerprint density at radius 3 is 2.42 bits per heavy atom. The number of nitrogens with zero attached hydrogens (tertiary/aromatic N) is 3. The highest BCUT2D eigenvalue weighted by atomic mass is 19.1. The van der Waals surface area contributed by atoms with Gasteiger partial charge in [-0.15, -0.1) is 0 Å². The lowest BCUT2D eigenvalue weighted by molar-refractivity contribution is -0.139. The first-order chi connectivity index (χ1) is 14.8. The molecule has 1 spiro atoms. The van der Waals surface area contributed by atoms with Crippen molar-refractivity contribution < 1.29 is 18.7 Å². The third-order valence-corrected chi connectivity index (χ3v) is 7.51. The Morgan fingerprint density at radius 1 is 1.13 bits per heavy atom. The van der Waals surface area contributed by atoms with Crippen LogP contribution in [0.3, 0.4) is 0 Å². The second-order valence-corrected chi connectivity index (χ2v) is 9.59. The van der Waals surface area contributed by atoms with Crippen LogP contribution in [-0.2, 0) is 9.53 Å². The molecule has 170 valence electrons. The van der Waals surface area contributed by atoms with Crippen LogP contribution in [0.5, 0.6) is 0 Å². The van der Waals surface area contributed by atoms with Gasteiger partial charge in [0, 0.05) is 13.1 Å². The summed E-state index contributed by atoms with van der Waals surface area (Å²) in [5.74, 6) is -0.556. The van der Waals surface area contributed by atoms with Gasteiger partial charge in [0.25, 0.3) is 5.91 Å². The van der Waals surface area contributed by atoms with Gasteiger partial charge in [-0.25, -0.2) is 4.39 Å². The maximum absolute atomic E-state index is 14.5. The second kappa shape index (κ2) is 8.87. The van der Waals surface area contributed by atoms with Gasteiger partial charge in [0.05, 0.1) is 12.2 Å². The van der Waals surface area contributed by atoms with Gasteiger partial charge in [0.2, 0.25) is 5.91 Å². The molecular formula is C24H34FN3O3. The number of benzene rings is 1. The fraction of sp³-hybridized carbons (Fsp3) is 0.667. The Hall–Kier alpha value is -1.99. The van der Waals surface area contributed by atoms with Crippen molar-refractivity contribution in [3.05, 3.63) is 35.6 Å². The summed E-state index contributed by atoms with van der Waals surface area (Å²) in [5, 5.41) is 0.